The average Bonchev–Trinajstić information content (AvgIpc) is 2.10. The molecule has 0 radical (unpaired) electrons. The van der Waals surface area contributed by atoms with Crippen LogP contribution < -0.4 is 17.2 Å². The van der Waals surface area contributed by atoms with Crippen molar-refractivity contribution in [3.63, 3.8) is 0 Å². The van der Waals surface area contributed by atoms with Crippen LogP contribution in [-0.4, -0.2) is 24.3 Å². The number of rotatable bonds is 6. The van der Waals surface area contributed by atoms with Gasteiger partial charge in [-0.3, -0.25) is 9.79 Å². The van der Waals surface area contributed by atoms with Gasteiger partial charge in [-0.15, -0.1) is 12.4 Å². The van der Waals surface area contributed by atoms with Crippen molar-refractivity contribution in [2.75, 3.05) is 6.54 Å². The third-order valence-electron chi connectivity index (χ3n) is 1.73. The first-order valence-electron chi connectivity index (χ1n) is 4.41. The minimum Gasteiger partial charge on any atom is -0.370 e. The van der Waals surface area contributed by atoms with E-state index < -0.39 is 0 Å². The Balaban J connectivity index is 0. The maximum absolute atomic E-state index is 11.0. The lowest BCUT2D eigenvalue weighted by molar-refractivity contribution is -0.120. The van der Waals surface area contributed by atoms with E-state index in [1.54, 1.807) is 6.92 Å². The molecule has 0 aliphatic rings. The van der Waals surface area contributed by atoms with Gasteiger partial charge in [-0.05, 0) is 12.8 Å². The summed E-state index contributed by atoms with van der Waals surface area (Å²) < 4.78 is 0. The molecule has 6 heteroatoms. The number of carbonyl (C=O) groups excluding carboxylic acids is 1. The number of guanidine groups is 1. The van der Waals surface area contributed by atoms with E-state index in [1.165, 1.54) is 0 Å². The molecule has 0 spiro atoms. The zero-order valence-electron chi connectivity index (χ0n) is 8.40. The van der Waals surface area contributed by atoms with Crippen LogP contribution in [0.3, 0.4) is 0 Å². The summed E-state index contributed by atoms with van der Waals surface area (Å²) in [6, 6.07) is -0.362. The first kappa shape index (κ1) is 15.7. The summed E-state index contributed by atoms with van der Waals surface area (Å²) in [4.78, 5) is 14.8. The van der Waals surface area contributed by atoms with Crippen molar-refractivity contribution in [2.45, 2.75) is 32.2 Å². The first-order chi connectivity index (χ1) is 6.07. The van der Waals surface area contributed by atoms with E-state index in [2.05, 4.69) is 4.99 Å². The summed E-state index contributed by atoms with van der Waals surface area (Å²) in [7, 11) is 0. The van der Waals surface area contributed by atoms with E-state index >= 15 is 0 Å². The molecule has 0 heterocycles. The number of nitrogens with zero attached hydrogens (tertiary/aromatic N) is 1. The summed E-state index contributed by atoms with van der Waals surface area (Å²) in [5, 5.41) is 0. The number of hydrogen-bond donors (Lipinski definition) is 3. The van der Waals surface area contributed by atoms with E-state index in [-0.39, 0.29) is 30.2 Å². The Morgan fingerprint density at radius 3 is 2.43 bits per heavy atom. The topological polar surface area (TPSA) is 107 Å². The maximum atomic E-state index is 11.0. The van der Waals surface area contributed by atoms with Crippen LogP contribution in [0.4, 0.5) is 0 Å². The van der Waals surface area contributed by atoms with Gasteiger partial charge in [0.05, 0.1) is 6.04 Å². The highest BCUT2D eigenvalue weighted by molar-refractivity contribution is 5.85. The number of nitrogens with two attached hydrogens (primary N) is 3. The third kappa shape index (κ3) is 7.82. The normalized spacial score (nSPS) is 11.3. The third-order valence-corrected chi connectivity index (χ3v) is 1.73. The zero-order chi connectivity index (χ0) is 10.3. The Kier molecular flexibility index (Phi) is 9.81. The second-order valence-electron chi connectivity index (χ2n) is 2.88. The number of carbonyl (C=O) groups is 1. The highest BCUT2D eigenvalue weighted by atomic mass is 35.5. The Morgan fingerprint density at radius 1 is 1.43 bits per heavy atom. The van der Waals surface area contributed by atoms with Gasteiger partial charge in [0.25, 0.3) is 0 Å². The van der Waals surface area contributed by atoms with Gasteiger partial charge < -0.3 is 17.2 Å². The SMILES string of the molecule is CCC(=O)C(N)CCCN=C(N)N.Cl. The predicted octanol–water partition coefficient (Wildman–Crippen LogP) is -0.232. The van der Waals surface area contributed by atoms with E-state index in [4.69, 9.17) is 17.2 Å². The van der Waals surface area contributed by atoms with Gasteiger partial charge in [-0.25, -0.2) is 0 Å². The largest absolute Gasteiger partial charge is 0.370 e. The molecule has 5 nitrogen and oxygen atoms in total. The fraction of sp³-hybridized carbons (Fsp3) is 0.750. The molecule has 0 bridgehead atoms. The van der Waals surface area contributed by atoms with Crippen LogP contribution >= 0.6 is 12.4 Å². The van der Waals surface area contributed by atoms with Gasteiger partial charge >= 0.3 is 0 Å². The quantitative estimate of drug-likeness (QED) is 0.328. The van der Waals surface area contributed by atoms with E-state index in [9.17, 15) is 4.79 Å². The van der Waals surface area contributed by atoms with Crippen LogP contribution in [0.15, 0.2) is 4.99 Å². The molecule has 0 amide bonds. The summed E-state index contributed by atoms with van der Waals surface area (Å²) in [5.74, 6) is 0.167. The number of aliphatic imine (C=N–C) groups is 1. The first-order valence-corrected chi connectivity index (χ1v) is 4.41. The van der Waals surface area contributed by atoms with Crippen molar-refractivity contribution >= 4 is 24.1 Å². The molecule has 84 valence electrons. The van der Waals surface area contributed by atoms with Gasteiger partial charge in [0, 0.05) is 13.0 Å². The number of halogens is 1. The van der Waals surface area contributed by atoms with Crippen LogP contribution in [0, 0.1) is 0 Å². The Bertz CT molecular complexity index is 192. The molecule has 0 fully saturated rings. The zero-order valence-corrected chi connectivity index (χ0v) is 9.22. The van der Waals surface area contributed by atoms with Crippen LogP contribution in [0.2, 0.25) is 0 Å². The molecule has 0 aromatic heterocycles. The molecule has 0 aliphatic carbocycles. The second-order valence-corrected chi connectivity index (χ2v) is 2.88. The van der Waals surface area contributed by atoms with Gasteiger partial charge in [0.15, 0.2) is 5.96 Å². The molecule has 6 N–H and O–H groups in total. The molecule has 14 heavy (non-hydrogen) atoms. The lowest BCUT2D eigenvalue weighted by atomic mass is 10.1. The predicted molar refractivity (Wildman–Crippen MR) is 60.4 cm³/mol. The Hall–Kier alpha value is -0.810. The minimum atomic E-state index is -0.362. The Labute approximate surface area is 90.5 Å². The highest BCUT2D eigenvalue weighted by Crippen LogP contribution is 1.98. The summed E-state index contributed by atoms with van der Waals surface area (Å²) in [6.45, 7) is 2.34. The summed E-state index contributed by atoms with van der Waals surface area (Å²) in [5.41, 5.74) is 15.8. The van der Waals surface area contributed by atoms with Crippen molar-refractivity contribution in [1.82, 2.24) is 0 Å². The minimum absolute atomic E-state index is 0. The van der Waals surface area contributed by atoms with Crippen LogP contribution in [-0.2, 0) is 4.79 Å². The monoisotopic (exact) mass is 222 g/mol. The lowest BCUT2D eigenvalue weighted by Gasteiger charge is -2.07. The second kappa shape index (κ2) is 8.77. The van der Waals surface area contributed by atoms with Crippen molar-refractivity contribution in [1.29, 1.82) is 0 Å². The van der Waals surface area contributed by atoms with Crippen LogP contribution in [0.5, 0.6) is 0 Å². The van der Waals surface area contributed by atoms with Gasteiger partial charge in [0.2, 0.25) is 0 Å². The standard InChI is InChI=1S/C8H18N4O.ClH/c1-2-7(13)6(9)4-3-5-12-8(10)11;/h6H,2-5,9H2,1H3,(H4,10,11,12);1H. The number of Topliss-reactive ketones (excluding diaryl/α,β-unsaturated/α-hetero) is 1. The molecule has 0 aliphatic heterocycles. The van der Waals surface area contributed by atoms with E-state index in [1.807, 2.05) is 0 Å². The van der Waals surface area contributed by atoms with Crippen molar-refractivity contribution in [2.24, 2.45) is 22.2 Å². The lowest BCUT2D eigenvalue weighted by Crippen LogP contribution is -2.30. The molecule has 0 rings (SSSR count). The van der Waals surface area contributed by atoms with Gasteiger partial charge in [-0.2, -0.15) is 0 Å². The fourth-order valence-corrected chi connectivity index (χ4v) is 0.943. The molecular formula is C8H19ClN4O. The van der Waals surface area contributed by atoms with Crippen molar-refractivity contribution < 1.29 is 4.79 Å². The molecule has 0 aromatic rings. The molecule has 0 saturated heterocycles. The van der Waals surface area contributed by atoms with Crippen molar-refractivity contribution in [3.8, 4) is 0 Å². The van der Waals surface area contributed by atoms with Gasteiger partial charge in [-0.1, -0.05) is 6.92 Å². The number of hydrogen-bond acceptors (Lipinski definition) is 3. The molecule has 1 atom stereocenters. The molecule has 1 unspecified atom stereocenters. The number of ketones is 1. The van der Waals surface area contributed by atoms with Crippen LogP contribution in [0.25, 0.3) is 0 Å². The maximum Gasteiger partial charge on any atom is 0.185 e. The van der Waals surface area contributed by atoms with Crippen molar-refractivity contribution in [3.05, 3.63) is 0 Å². The smallest absolute Gasteiger partial charge is 0.185 e. The molecular weight excluding hydrogens is 204 g/mol. The highest BCUT2D eigenvalue weighted by Gasteiger charge is 2.09. The fourth-order valence-electron chi connectivity index (χ4n) is 0.943. The summed E-state index contributed by atoms with van der Waals surface area (Å²) in [6.07, 6.45) is 1.87. The van der Waals surface area contributed by atoms with Gasteiger partial charge in [0.1, 0.15) is 5.78 Å². The molecule has 0 aromatic carbocycles. The van der Waals surface area contributed by atoms with Crippen LogP contribution in [0.1, 0.15) is 26.2 Å². The average molecular weight is 223 g/mol. The molecule has 0 saturated carbocycles. The van der Waals surface area contributed by atoms with E-state index in [0.29, 0.717) is 19.4 Å². The summed E-state index contributed by atoms with van der Waals surface area (Å²) >= 11 is 0. The Morgan fingerprint density at radius 2 is 2.00 bits per heavy atom. The van der Waals surface area contributed by atoms with E-state index in [0.717, 1.165) is 6.42 Å².